The minimum absolute atomic E-state index is 0.0546. The molecule has 0 spiro atoms. The number of rotatable bonds is 4. The topological polar surface area (TPSA) is 64.8 Å². The van der Waals surface area contributed by atoms with Crippen LogP contribution in [0, 0.1) is 5.82 Å². The molecule has 0 unspecified atom stereocenters. The number of hydrogen-bond acceptors (Lipinski definition) is 5. The summed E-state index contributed by atoms with van der Waals surface area (Å²) in [5, 5.41) is 0. The zero-order chi connectivity index (χ0) is 15.7. The summed E-state index contributed by atoms with van der Waals surface area (Å²) in [5.41, 5.74) is 5.23. The largest absolute Gasteiger partial charge is 0.487 e. The van der Waals surface area contributed by atoms with Gasteiger partial charge in [0.05, 0.1) is 12.8 Å². The number of nitrogen functional groups attached to an aromatic ring is 1. The van der Waals surface area contributed by atoms with Crippen molar-refractivity contribution in [2.45, 2.75) is 37.3 Å². The molecule has 1 aromatic carbocycles. The number of nitrogens with two attached hydrogens (primary N) is 1. The Labute approximate surface area is 129 Å². The van der Waals surface area contributed by atoms with Crippen molar-refractivity contribution in [1.29, 1.82) is 0 Å². The van der Waals surface area contributed by atoms with Gasteiger partial charge in [-0.05, 0) is 37.8 Å². The molecule has 2 N–H and O–H groups in total. The van der Waals surface area contributed by atoms with E-state index in [-0.39, 0.29) is 23.5 Å². The summed E-state index contributed by atoms with van der Waals surface area (Å²) < 4.78 is 24.5. The van der Waals surface area contributed by atoms with Crippen LogP contribution in [0.3, 0.4) is 0 Å². The van der Waals surface area contributed by atoms with Crippen molar-refractivity contribution < 1.29 is 18.7 Å². The molecule has 3 rings (SSSR count). The normalized spacial score (nSPS) is 21.4. The number of likely N-dealkylation sites (tertiary alicyclic amines) is 1. The fraction of sp³-hybridized carbons (Fsp3) is 0.562. The Bertz CT molecular complexity index is 567. The van der Waals surface area contributed by atoms with Gasteiger partial charge in [-0.3, -0.25) is 9.69 Å². The first-order valence-electron chi connectivity index (χ1n) is 7.61. The molecule has 22 heavy (non-hydrogen) atoms. The van der Waals surface area contributed by atoms with E-state index in [0.717, 1.165) is 38.8 Å². The Morgan fingerprint density at radius 3 is 2.64 bits per heavy atom. The molecule has 2 aliphatic rings. The van der Waals surface area contributed by atoms with Gasteiger partial charge in [-0.2, -0.15) is 0 Å². The zero-order valence-electron chi connectivity index (χ0n) is 12.7. The van der Waals surface area contributed by atoms with Gasteiger partial charge in [0.1, 0.15) is 11.6 Å². The van der Waals surface area contributed by atoms with E-state index >= 15 is 0 Å². The Morgan fingerprint density at radius 2 is 2.05 bits per heavy atom. The molecule has 0 amide bonds. The van der Waals surface area contributed by atoms with Gasteiger partial charge in [0.2, 0.25) is 0 Å². The second-order valence-corrected chi connectivity index (χ2v) is 5.99. The molecule has 120 valence electrons. The molecule has 1 aliphatic carbocycles. The molecular formula is C16H21FN2O3. The summed E-state index contributed by atoms with van der Waals surface area (Å²) in [4.78, 5) is 14.1. The van der Waals surface area contributed by atoms with Crippen LogP contribution in [0.5, 0.6) is 5.75 Å². The number of anilines is 1. The van der Waals surface area contributed by atoms with Gasteiger partial charge in [0.25, 0.3) is 0 Å². The minimum atomic E-state index is -0.502. The summed E-state index contributed by atoms with van der Waals surface area (Å²) in [6, 6.07) is 4.78. The third kappa shape index (κ3) is 2.63. The number of carbonyl (C=O) groups excluding carboxylic acids is 1. The molecule has 1 heterocycles. The Kier molecular flexibility index (Phi) is 3.95. The van der Waals surface area contributed by atoms with Gasteiger partial charge in [-0.25, -0.2) is 4.39 Å². The maximum atomic E-state index is 13.9. The molecule has 1 saturated heterocycles. The molecule has 5 nitrogen and oxygen atoms in total. The molecule has 0 aromatic heterocycles. The van der Waals surface area contributed by atoms with E-state index in [2.05, 4.69) is 4.90 Å². The third-order valence-corrected chi connectivity index (χ3v) is 4.62. The molecule has 6 heteroatoms. The number of halogens is 1. The molecule has 0 bridgehead atoms. The van der Waals surface area contributed by atoms with Crippen molar-refractivity contribution in [3.8, 4) is 5.75 Å². The number of methoxy groups -OCH3 is 1. The number of carbonyl (C=O) groups is 1. The highest BCUT2D eigenvalue weighted by atomic mass is 19.1. The highest BCUT2D eigenvalue weighted by Crippen LogP contribution is 2.44. The number of piperidine rings is 1. The van der Waals surface area contributed by atoms with Gasteiger partial charge in [-0.15, -0.1) is 0 Å². The van der Waals surface area contributed by atoms with E-state index < -0.39 is 11.4 Å². The number of esters is 1. The van der Waals surface area contributed by atoms with Crippen LogP contribution in [0.25, 0.3) is 0 Å². The lowest BCUT2D eigenvalue weighted by Crippen LogP contribution is -2.49. The van der Waals surface area contributed by atoms with Crippen molar-refractivity contribution in [3.63, 3.8) is 0 Å². The number of benzene rings is 1. The fourth-order valence-corrected chi connectivity index (χ4v) is 3.16. The summed E-state index contributed by atoms with van der Waals surface area (Å²) in [5.74, 6) is -0.445. The van der Waals surface area contributed by atoms with E-state index in [1.807, 2.05) is 0 Å². The van der Waals surface area contributed by atoms with Crippen LogP contribution in [-0.2, 0) is 9.53 Å². The smallest absolute Gasteiger partial charge is 0.326 e. The van der Waals surface area contributed by atoms with Crippen LogP contribution in [0.1, 0.15) is 25.7 Å². The second-order valence-electron chi connectivity index (χ2n) is 5.99. The van der Waals surface area contributed by atoms with E-state index in [4.69, 9.17) is 15.2 Å². The number of hydrogen-bond donors (Lipinski definition) is 1. The van der Waals surface area contributed by atoms with Gasteiger partial charge < -0.3 is 15.2 Å². The first-order chi connectivity index (χ1) is 10.6. The van der Waals surface area contributed by atoms with Crippen molar-refractivity contribution >= 4 is 11.7 Å². The zero-order valence-corrected chi connectivity index (χ0v) is 12.7. The molecule has 1 saturated carbocycles. The van der Waals surface area contributed by atoms with Gasteiger partial charge in [-0.1, -0.05) is 6.07 Å². The van der Waals surface area contributed by atoms with Crippen LogP contribution in [-0.4, -0.2) is 42.7 Å². The van der Waals surface area contributed by atoms with Crippen molar-refractivity contribution in [3.05, 3.63) is 24.0 Å². The Hall–Kier alpha value is -1.82. The average Bonchev–Trinajstić information content (AvgIpc) is 3.33. The molecule has 0 atom stereocenters. The van der Waals surface area contributed by atoms with Gasteiger partial charge in [0, 0.05) is 13.1 Å². The lowest BCUT2D eigenvalue weighted by molar-refractivity contribution is -0.149. The SMILES string of the molecule is COC(=O)C1(N2CCC(Oc3cccc(N)c3F)CC2)CC1. The van der Waals surface area contributed by atoms with Crippen LogP contribution in [0.2, 0.25) is 0 Å². The first-order valence-corrected chi connectivity index (χ1v) is 7.61. The number of ether oxygens (including phenoxy) is 2. The fourth-order valence-electron chi connectivity index (χ4n) is 3.16. The maximum absolute atomic E-state index is 13.9. The molecule has 2 fully saturated rings. The van der Waals surface area contributed by atoms with Crippen molar-refractivity contribution in [2.75, 3.05) is 25.9 Å². The van der Waals surface area contributed by atoms with E-state index in [1.54, 1.807) is 12.1 Å². The summed E-state index contributed by atoms with van der Waals surface area (Å²) in [7, 11) is 1.43. The Balaban J connectivity index is 1.58. The van der Waals surface area contributed by atoms with Crippen LogP contribution >= 0.6 is 0 Å². The van der Waals surface area contributed by atoms with Crippen LogP contribution in [0.4, 0.5) is 10.1 Å². The first kappa shape index (κ1) is 15.1. The van der Waals surface area contributed by atoms with E-state index in [1.165, 1.54) is 13.2 Å². The van der Waals surface area contributed by atoms with Crippen molar-refractivity contribution in [2.24, 2.45) is 0 Å². The highest BCUT2D eigenvalue weighted by Gasteiger charge is 2.56. The third-order valence-electron chi connectivity index (χ3n) is 4.62. The number of nitrogens with zero attached hydrogens (tertiary/aromatic N) is 1. The molecule has 1 aromatic rings. The van der Waals surface area contributed by atoms with Crippen LogP contribution < -0.4 is 10.5 Å². The lowest BCUT2D eigenvalue weighted by atomic mass is 10.0. The minimum Gasteiger partial charge on any atom is -0.487 e. The van der Waals surface area contributed by atoms with Crippen molar-refractivity contribution in [1.82, 2.24) is 4.90 Å². The summed E-state index contributed by atoms with van der Waals surface area (Å²) in [6.45, 7) is 1.51. The average molecular weight is 308 g/mol. The lowest BCUT2D eigenvalue weighted by Gasteiger charge is -2.36. The monoisotopic (exact) mass is 308 g/mol. The quantitative estimate of drug-likeness (QED) is 0.680. The van der Waals surface area contributed by atoms with Gasteiger partial charge >= 0.3 is 5.97 Å². The van der Waals surface area contributed by atoms with Crippen LogP contribution in [0.15, 0.2) is 18.2 Å². The van der Waals surface area contributed by atoms with E-state index in [0.29, 0.717) is 0 Å². The molecule has 0 radical (unpaired) electrons. The van der Waals surface area contributed by atoms with Gasteiger partial charge in [0.15, 0.2) is 11.6 Å². The predicted octanol–water partition coefficient (Wildman–Crippen LogP) is 1.96. The van der Waals surface area contributed by atoms with E-state index in [9.17, 15) is 9.18 Å². The molecule has 1 aliphatic heterocycles. The summed E-state index contributed by atoms with van der Waals surface area (Å²) >= 11 is 0. The molecular weight excluding hydrogens is 287 g/mol. The predicted molar refractivity (Wildman–Crippen MR) is 80.0 cm³/mol. The standard InChI is InChI=1S/C16H21FN2O3/c1-21-15(20)16(7-8-16)19-9-5-11(6-10-19)22-13-4-2-3-12(18)14(13)17/h2-4,11H,5-10,18H2,1H3. The maximum Gasteiger partial charge on any atom is 0.326 e. The highest BCUT2D eigenvalue weighted by molar-refractivity contribution is 5.84. The second kappa shape index (κ2) is 5.76. The summed E-state index contributed by atoms with van der Waals surface area (Å²) in [6.07, 6.45) is 3.17. The Morgan fingerprint density at radius 1 is 1.36 bits per heavy atom.